The first kappa shape index (κ1) is 24.2. The Morgan fingerprint density at radius 3 is 1.26 bits per heavy atom. The number of aryl methyl sites for hydroxylation is 4. The smallest absolute Gasteiger partial charge is 0.128 e. The monoisotopic (exact) mass is 466 g/mol. The third-order valence-corrected chi connectivity index (χ3v) is 6.38. The zero-order valence-corrected chi connectivity index (χ0v) is 21.0. The summed E-state index contributed by atoms with van der Waals surface area (Å²) in [6, 6.07) is 24.5. The van der Waals surface area contributed by atoms with Crippen LogP contribution in [0.3, 0.4) is 0 Å². The summed E-state index contributed by atoms with van der Waals surface area (Å²) in [6.07, 6.45) is 2.60. The van der Waals surface area contributed by atoms with Gasteiger partial charge in [-0.3, -0.25) is 0 Å². The summed E-state index contributed by atoms with van der Waals surface area (Å²) in [6.45, 7) is 8.23. The van der Waals surface area contributed by atoms with Crippen LogP contribution in [-0.2, 0) is 19.3 Å². The first-order chi connectivity index (χ1) is 16.9. The molecule has 0 fully saturated rings. The number of hydrogen-bond donors (Lipinski definition) is 2. The van der Waals surface area contributed by atoms with E-state index in [1.165, 1.54) is 11.1 Å². The van der Waals surface area contributed by atoms with Crippen LogP contribution >= 0.6 is 0 Å². The van der Waals surface area contributed by atoms with Gasteiger partial charge >= 0.3 is 0 Å². The summed E-state index contributed by atoms with van der Waals surface area (Å²) in [5.74, 6) is 3.27. The molecule has 0 amide bonds. The van der Waals surface area contributed by atoms with Gasteiger partial charge in [-0.1, -0.05) is 38.1 Å². The van der Waals surface area contributed by atoms with E-state index in [0.717, 1.165) is 75.9 Å². The van der Waals surface area contributed by atoms with E-state index in [2.05, 4.69) is 38.1 Å². The van der Waals surface area contributed by atoms with Gasteiger partial charge in [0, 0.05) is 11.4 Å². The minimum atomic E-state index is 0.814. The molecule has 0 aliphatic rings. The standard InChI is InChI=1S/C31H34N2O2/c1-5-24-18-28(15-20(3)30(24)32)34-26-11-7-22(8-12-26)17-23-9-13-27(14-10-23)35-29-16-21(4)31(33)25(6-2)19-29/h7-16,18-19H,5-6,17,32-33H2,1-4H3. The molecule has 180 valence electrons. The number of benzene rings is 4. The van der Waals surface area contributed by atoms with Gasteiger partial charge in [-0.2, -0.15) is 0 Å². The maximum absolute atomic E-state index is 6.15. The van der Waals surface area contributed by atoms with Crippen molar-refractivity contribution in [3.63, 3.8) is 0 Å². The summed E-state index contributed by atoms with van der Waals surface area (Å²) < 4.78 is 12.2. The van der Waals surface area contributed by atoms with Gasteiger partial charge in [0.05, 0.1) is 0 Å². The van der Waals surface area contributed by atoms with Crippen LogP contribution in [0.5, 0.6) is 23.0 Å². The van der Waals surface area contributed by atoms with Crippen molar-refractivity contribution in [3.05, 3.63) is 106 Å². The van der Waals surface area contributed by atoms with Crippen LogP contribution in [0.4, 0.5) is 11.4 Å². The summed E-state index contributed by atoms with van der Waals surface area (Å²) in [5.41, 5.74) is 20.7. The fourth-order valence-corrected chi connectivity index (χ4v) is 4.23. The van der Waals surface area contributed by atoms with Gasteiger partial charge in [0.25, 0.3) is 0 Å². The van der Waals surface area contributed by atoms with E-state index in [1.807, 2.05) is 62.4 Å². The topological polar surface area (TPSA) is 70.5 Å². The van der Waals surface area contributed by atoms with Crippen LogP contribution in [-0.4, -0.2) is 0 Å². The minimum Gasteiger partial charge on any atom is -0.457 e. The largest absolute Gasteiger partial charge is 0.457 e. The van der Waals surface area contributed by atoms with Gasteiger partial charge in [0.1, 0.15) is 23.0 Å². The molecule has 4 N–H and O–H groups in total. The highest BCUT2D eigenvalue weighted by atomic mass is 16.5. The molecule has 4 heteroatoms. The molecule has 0 saturated carbocycles. The predicted octanol–water partition coefficient (Wildman–Crippen LogP) is 7.77. The number of rotatable bonds is 8. The first-order valence-electron chi connectivity index (χ1n) is 12.2. The third kappa shape index (κ3) is 5.78. The Morgan fingerprint density at radius 1 is 0.543 bits per heavy atom. The second-order valence-electron chi connectivity index (χ2n) is 9.00. The molecule has 0 radical (unpaired) electrons. The van der Waals surface area contributed by atoms with Crippen molar-refractivity contribution in [2.24, 2.45) is 0 Å². The molecule has 4 aromatic rings. The minimum absolute atomic E-state index is 0.814. The molecule has 0 aliphatic heterocycles. The average Bonchev–Trinajstić information content (AvgIpc) is 2.85. The van der Waals surface area contributed by atoms with Crippen molar-refractivity contribution in [1.29, 1.82) is 0 Å². The van der Waals surface area contributed by atoms with E-state index in [1.54, 1.807) is 0 Å². The van der Waals surface area contributed by atoms with Crippen LogP contribution in [0.1, 0.15) is 47.2 Å². The Morgan fingerprint density at radius 2 is 0.914 bits per heavy atom. The molecule has 4 nitrogen and oxygen atoms in total. The van der Waals surface area contributed by atoms with Crippen LogP contribution in [0.25, 0.3) is 0 Å². The van der Waals surface area contributed by atoms with Crippen molar-refractivity contribution in [2.75, 3.05) is 11.5 Å². The Labute approximate surface area is 208 Å². The van der Waals surface area contributed by atoms with Crippen LogP contribution in [0.2, 0.25) is 0 Å². The molecule has 4 rings (SSSR count). The van der Waals surface area contributed by atoms with E-state index >= 15 is 0 Å². The third-order valence-electron chi connectivity index (χ3n) is 6.38. The first-order valence-corrected chi connectivity index (χ1v) is 12.2. The lowest BCUT2D eigenvalue weighted by Crippen LogP contribution is -1.98. The number of hydrogen-bond acceptors (Lipinski definition) is 4. The van der Waals surface area contributed by atoms with Crippen molar-refractivity contribution >= 4 is 11.4 Å². The molecule has 0 aromatic heterocycles. The van der Waals surface area contributed by atoms with Gasteiger partial charge in [-0.25, -0.2) is 0 Å². The Balaban J connectivity index is 1.40. The zero-order valence-electron chi connectivity index (χ0n) is 21.0. The number of ether oxygens (including phenoxy) is 2. The predicted molar refractivity (Wildman–Crippen MR) is 146 cm³/mol. The molecule has 0 heterocycles. The second kappa shape index (κ2) is 10.6. The van der Waals surface area contributed by atoms with Gasteiger partial charge in [-0.05, 0) is 115 Å². The molecule has 35 heavy (non-hydrogen) atoms. The van der Waals surface area contributed by atoms with E-state index in [0.29, 0.717) is 0 Å². The molecule has 0 atom stereocenters. The maximum Gasteiger partial charge on any atom is 0.128 e. The van der Waals surface area contributed by atoms with Crippen LogP contribution in [0, 0.1) is 13.8 Å². The molecular formula is C31H34N2O2. The van der Waals surface area contributed by atoms with Gasteiger partial charge in [0.15, 0.2) is 0 Å². The van der Waals surface area contributed by atoms with Crippen molar-refractivity contribution < 1.29 is 9.47 Å². The fourth-order valence-electron chi connectivity index (χ4n) is 4.23. The summed E-state index contributed by atoms with van der Waals surface area (Å²) in [4.78, 5) is 0. The molecular weight excluding hydrogens is 432 g/mol. The van der Waals surface area contributed by atoms with E-state index in [-0.39, 0.29) is 0 Å². The van der Waals surface area contributed by atoms with Gasteiger partial charge in [0.2, 0.25) is 0 Å². The average molecular weight is 467 g/mol. The zero-order chi connectivity index (χ0) is 24.9. The van der Waals surface area contributed by atoms with Gasteiger partial charge in [-0.15, -0.1) is 0 Å². The Kier molecular flexibility index (Phi) is 7.31. The van der Waals surface area contributed by atoms with Crippen molar-refractivity contribution in [2.45, 2.75) is 47.0 Å². The summed E-state index contributed by atoms with van der Waals surface area (Å²) in [7, 11) is 0. The van der Waals surface area contributed by atoms with Crippen LogP contribution < -0.4 is 20.9 Å². The summed E-state index contributed by atoms with van der Waals surface area (Å²) in [5, 5.41) is 0. The lowest BCUT2D eigenvalue weighted by Gasteiger charge is -2.13. The lowest BCUT2D eigenvalue weighted by atomic mass is 10.0. The van der Waals surface area contributed by atoms with E-state index in [9.17, 15) is 0 Å². The molecule has 4 aromatic carbocycles. The highest BCUT2D eigenvalue weighted by molar-refractivity contribution is 5.58. The molecule has 0 saturated heterocycles. The normalized spacial score (nSPS) is 10.9. The fraction of sp³-hybridized carbons (Fsp3) is 0.226. The molecule has 0 bridgehead atoms. The van der Waals surface area contributed by atoms with E-state index in [4.69, 9.17) is 20.9 Å². The highest BCUT2D eigenvalue weighted by Gasteiger charge is 2.08. The Bertz CT molecular complexity index is 1210. The van der Waals surface area contributed by atoms with E-state index < -0.39 is 0 Å². The quantitative estimate of drug-likeness (QED) is 0.260. The summed E-state index contributed by atoms with van der Waals surface area (Å²) >= 11 is 0. The van der Waals surface area contributed by atoms with Crippen molar-refractivity contribution in [1.82, 2.24) is 0 Å². The maximum atomic E-state index is 6.15. The number of anilines is 2. The molecule has 0 spiro atoms. The Hall–Kier alpha value is -3.92. The van der Waals surface area contributed by atoms with Crippen LogP contribution in [0.15, 0.2) is 72.8 Å². The SMILES string of the molecule is CCc1cc(Oc2ccc(Cc3ccc(Oc4cc(C)c(N)c(CC)c4)cc3)cc2)cc(C)c1N. The number of nitrogen functional groups attached to an aromatic ring is 2. The highest BCUT2D eigenvalue weighted by Crippen LogP contribution is 2.30. The second-order valence-corrected chi connectivity index (χ2v) is 9.00. The molecule has 0 unspecified atom stereocenters. The van der Waals surface area contributed by atoms with Gasteiger partial charge < -0.3 is 20.9 Å². The molecule has 0 aliphatic carbocycles. The van der Waals surface area contributed by atoms with Crippen molar-refractivity contribution in [3.8, 4) is 23.0 Å². The number of nitrogens with two attached hydrogens (primary N) is 2. The lowest BCUT2D eigenvalue weighted by molar-refractivity contribution is 0.481.